The number of nitrogens with one attached hydrogen (secondary N) is 1. The standard InChI is InChI=1S/C25H21N5O2/c31-23-9-5-15-29(23)20-12-10-19(11-13-20)27-25(32)22-17-30(21-7-2-1-3-8-21)28-24(22)18-6-4-14-26-16-18/h1-4,6-8,10-14,16-17H,5,9,15H2,(H,27,32). The molecule has 0 atom stereocenters. The van der Waals surface area contributed by atoms with Crippen LogP contribution < -0.4 is 10.2 Å². The van der Waals surface area contributed by atoms with E-state index < -0.39 is 0 Å². The number of pyridine rings is 1. The fourth-order valence-electron chi connectivity index (χ4n) is 3.81. The van der Waals surface area contributed by atoms with Crippen LogP contribution in [0.1, 0.15) is 23.2 Å². The largest absolute Gasteiger partial charge is 0.322 e. The summed E-state index contributed by atoms with van der Waals surface area (Å²) in [4.78, 5) is 31.1. The van der Waals surface area contributed by atoms with Gasteiger partial charge in [0.2, 0.25) is 5.91 Å². The molecule has 1 saturated heterocycles. The van der Waals surface area contributed by atoms with Gasteiger partial charge in [0.1, 0.15) is 5.69 Å². The average Bonchev–Trinajstić information content (AvgIpc) is 3.48. The normalized spacial score (nSPS) is 13.4. The van der Waals surface area contributed by atoms with E-state index in [1.165, 1.54) is 0 Å². The highest BCUT2D eigenvalue weighted by molar-refractivity contribution is 6.08. The van der Waals surface area contributed by atoms with E-state index in [2.05, 4.69) is 15.4 Å². The van der Waals surface area contributed by atoms with E-state index in [0.29, 0.717) is 23.4 Å². The predicted octanol–water partition coefficient (Wildman–Crippen LogP) is 4.31. The Bertz CT molecular complexity index is 1250. The highest BCUT2D eigenvalue weighted by atomic mass is 16.2. The summed E-state index contributed by atoms with van der Waals surface area (Å²) in [5.41, 5.74) is 4.11. The molecule has 0 spiro atoms. The third kappa shape index (κ3) is 3.88. The minimum Gasteiger partial charge on any atom is -0.322 e. The number of benzene rings is 2. The molecule has 32 heavy (non-hydrogen) atoms. The molecule has 2 aromatic carbocycles. The minimum atomic E-state index is -0.268. The van der Waals surface area contributed by atoms with Crippen LogP contribution in [0.4, 0.5) is 11.4 Å². The van der Waals surface area contributed by atoms with Crippen LogP contribution in [-0.4, -0.2) is 33.1 Å². The van der Waals surface area contributed by atoms with Gasteiger partial charge >= 0.3 is 0 Å². The maximum Gasteiger partial charge on any atom is 0.259 e. The number of hydrogen-bond acceptors (Lipinski definition) is 4. The molecule has 1 fully saturated rings. The van der Waals surface area contributed by atoms with Gasteiger partial charge in [-0.25, -0.2) is 4.68 Å². The molecule has 5 rings (SSSR count). The summed E-state index contributed by atoms with van der Waals surface area (Å²) in [5.74, 6) is -0.132. The highest BCUT2D eigenvalue weighted by Gasteiger charge is 2.22. The third-order valence-corrected chi connectivity index (χ3v) is 5.42. The third-order valence-electron chi connectivity index (χ3n) is 5.42. The van der Waals surface area contributed by atoms with Gasteiger partial charge in [-0.3, -0.25) is 14.6 Å². The second-order valence-electron chi connectivity index (χ2n) is 7.56. The van der Waals surface area contributed by atoms with E-state index in [1.54, 1.807) is 28.2 Å². The van der Waals surface area contributed by atoms with Crippen LogP contribution in [0.25, 0.3) is 16.9 Å². The Balaban J connectivity index is 1.44. The summed E-state index contributed by atoms with van der Waals surface area (Å²) in [6.07, 6.45) is 6.56. The Morgan fingerprint density at radius 3 is 2.44 bits per heavy atom. The lowest BCUT2D eigenvalue weighted by molar-refractivity contribution is -0.117. The van der Waals surface area contributed by atoms with Crippen molar-refractivity contribution in [2.24, 2.45) is 0 Å². The fraction of sp³-hybridized carbons (Fsp3) is 0.120. The maximum atomic E-state index is 13.2. The molecule has 0 bridgehead atoms. The molecule has 2 amide bonds. The lowest BCUT2D eigenvalue weighted by Crippen LogP contribution is -2.23. The van der Waals surface area contributed by atoms with Gasteiger partial charge in [0, 0.05) is 48.5 Å². The minimum absolute atomic E-state index is 0.135. The number of hydrogen-bond donors (Lipinski definition) is 1. The summed E-state index contributed by atoms with van der Waals surface area (Å²) in [6.45, 7) is 0.734. The van der Waals surface area contributed by atoms with Gasteiger partial charge in [-0.15, -0.1) is 0 Å². The van der Waals surface area contributed by atoms with Crippen LogP contribution in [0.3, 0.4) is 0 Å². The van der Waals surface area contributed by atoms with E-state index in [4.69, 9.17) is 0 Å². The summed E-state index contributed by atoms with van der Waals surface area (Å²) >= 11 is 0. The Hall–Kier alpha value is -4.26. The molecule has 2 aromatic heterocycles. The van der Waals surface area contributed by atoms with Crippen molar-refractivity contribution in [3.8, 4) is 16.9 Å². The van der Waals surface area contributed by atoms with E-state index in [-0.39, 0.29) is 11.8 Å². The zero-order valence-electron chi connectivity index (χ0n) is 17.3. The highest BCUT2D eigenvalue weighted by Crippen LogP contribution is 2.26. The van der Waals surface area contributed by atoms with Gasteiger partial charge in [-0.05, 0) is 55.0 Å². The first-order chi connectivity index (χ1) is 15.7. The number of para-hydroxylation sites is 1. The van der Waals surface area contributed by atoms with Gasteiger partial charge in [-0.2, -0.15) is 5.10 Å². The second-order valence-corrected chi connectivity index (χ2v) is 7.56. The number of carbonyl (C=O) groups excluding carboxylic acids is 2. The summed E-state index contributed by atoms with van der Waals surface area (Å²) in [5, 5.41) is 7.61. The molecule has 1 aliphatic rings. The van der Waals surface area contributed by atoms with Crippen LogP contribution in [-0.2, 0) is 4.79 Å². The van der Waals surface area contributed by atoms with Gasteiger partial charge in [0.25, 0.3) is 5.91 Å². The van der Waals surface area contributed by atoms with Crippen LogP contribution in [0.2, 0.25) is 0 Å². The lowest BCUT2D eigenvalue weighted by Gasteiger charge is -2.16. The number of amides is 2. The summed E-state index contributed by atoms with van der Waals surface area (Å²) < 4.78 is 1.69. The van der Waals surface area contributed by atoms with Crippen molar-refractivity contribution in [1.82, 2.24) is 14.8 Å². The Kier molecular flexibility index (Phi) is 5.21. The predicted molar refractivity (Wildman–Crippen MR) is 123 cm³/mol. The Labute approximate surface area is 185 Å². The first-order valence-electron chi connectivity index (χ1n) is 10.5. The van der Waals surface area contributed by atoms with E-state index >= 15 is 0 Å². The van der Waals surface area contributed by atoms with Crippen LogP contribution >= 0.6 is 0 Å². The van der Waals surface area contributed by atoms with Crippen molar-refractivity contribution < 1.29 is 9.59 Å². The van der Waals surface area contributed by atoms with Crippen molar-refractivity contribution in [3.63, 3.8) is 0 Å². The smallest absolute Gasteiger partial charge is 0.259 e. The number of nitrogens with zero attached hydrogens (tertiary/aromatic N) is 4. The SMILES string of the molecule is O=C(Nc1ccc(N2CCCC2=O)cc1)c1cn(-c2ccccc2)nc1-c1cccnc1. The number of aromatic nitrogens is 3. The Morgan fingerprint density at radius 1 is 0.938 bits per heavy atom. The van der Waals surface area contributed by atoms with Crippen molar-refractivity contribution in [1.29, 1.82) is 0 Å². The Morgan fingerprint density at radius 2 is 1.75 bits per heavy atom. The van der Waals surface area contributed by atoms with Gasteiger partial charge in [-0.1, -0.05) is 18.2 Å². The maximum absolute atomic E-state index is 13.2. The van der Waals surface area contributed by atoms with Crippen LogP contribution in [0.15, 0.2) is 85.3 Å². The molecule has 7 heteroatoms. The number of carbonyl (C=O) groups is 2. The zero-order valence-corrected chi connectivity index (χ0v) is 17.3. The summed E-state index contributed by atoms with van der Waals surface area (Å²) in [6, 6.07) is 20.7. The monoisotopic (exact) mass is 423 g/mol. The zero-order chi connectivity index (χ0) is 21.9. The van der Waals surface area contributed by atoms with Crippen LogP contribution in [0, 0.1) is 0 Å². The molecule has 0 aliphatic carbocycles. The molecular formula is C25H21N5O2. The molecule has 0 radical (unpaired) electrons. The molecule has 0 saturated carbocycles. The fourth-order valence-corrected chi connectivity index (χ4v) is 3.81. The molecule has 1 aliphatic heterocycles. The van der Waals surface area contributed by atoms with Crippen molar-refractivity contribution >= 4 is 23.2 Å². The lowest BCUT2D eigenvalue weighted by atomic mass is 10.1. The quantitative estimate of drug-likeness (QED) is 0.519. The molecule has 0 unspecified atom stereocenters. The first kappa shape index (κ1) is 19.7. The van der Waals surface area contributed by atoms with Gasteiger partial charge in [0.05, 0.1) is 11.3 Å². The van der Waals surface area contributed by atoms with Gasteiger partial charge < -0.3 is 10.2 Å². The molecule has 7 nitrogen and oxygen atoms in total. The van der Waals surface area contributed by atoms with E-state index in [9.17, 15) is 9.59 Å². The molecular weight excluding hydrogens is 402 g/mol. The molecule has 4 aromatic rings. The van der Waals surface area contributed by atoms with Gasteiger partial charge in [0.15, 0.2) is 0 Å². The number of anilines is 2. The van der Waals surface area contributed by atoms with E-state index in [1.807, 2.05) is 66.7 Å². The van der Waals surface area contributed by atoms with Crippen molar-refractivity contribution in [3.05, 3.63) is 90.9 Å². The average molecular weight is 423 g/mol. The molecule has 158 valence electrons. The summed E-state index contributed by atoms with van der Waals surface area (Å²) in [7, 11) is 0. The van der Waals surface area contributed by atoms with Crippen molar-refractivity contribution in [2.45, 2.75) is 12.8 Å². The van der Waals surface area contributed by atoms with Crippen LogP contribution in [0.5, 0.6) is 0 Å². The van der Waals surface area contributed by atoms with Crippen molar-refractivity contribution in [2.75, 3.05) is 16.8 Å². The topological polar surface area (TPSA) is 80.1 Å². The first-order valence-corrected chi connectivity index (χ1v) is 10.5. The molecule has 1 N–H and O–H groups in total. The number of rotatable bonds is 5. The molecule has 3 heterocycles. The second kappa shape index (κ2) is 8.47. The van der Waals surface area contributed by atoms with E-state index in [0.717, 1.165) is 29.9 Å².